The van der Waals surface area contributed by atoms with E-state index in [1.54, 1.807) is 19.4 Å². The van der Waals surface area contributed by atoms with E-state index in [9.17, 15) is 9.90 Å². The highest BCUT2D eigenvalue weighted by atomic mass is 16.5. The van der Waals surface area contributed by atoms with Crippen LogP contribution in [0.25, 0.3) is 0 Å². The molecule has 2 aromatic carbocycles. The van der Waals surface area contributed by atoms with Crippen LogP contribution in [0.15, 0.2) is 60.8 Å². The van der Waals surface area contributed by atoms with Crippen LogP contribution >= 0.6 is 0 Å². The van der Waals surface area contributed by atoms with Gasteiger partial charge in [-0.1, -0.05) is 24.3 Å². The molecule has 1 aromatic heterocycles. The van der Waals surface area contributed by atoms with Crippen molar-refractivity contribution in [1.82, 2.24) is 9.88 Å². The summed E-state index contributed by atoms with van der Waals surface area (Å²) in [6.07, 6.45) is 2.75. The first-order valence-electron chi connectivity index (χ1n) is 11.2. The number of hydrogen-bond acceptors (Lipinski definition) is 6. The third kappa shape index (κ3) is 5.62. The monoisotopic (exact) mass is 446 g/mol. The first kappa shape index (κ1) is 22.6. The van der Waals surface area contributed by atoms with Crippen molar-refractivity contribution in [2.75, 3.05) is 43.5 Å². The van der Waals surface area contributed by atoms with Crippen molar-refractivity contribution in [2.24, 2.45) is 0 Å². The summed E-state index contributed by atoms with van der Waals surface area (Å²) in [6, 6.07) is 16.9. The third-order valence-electron chi connectivity index (χ3n) is 5.96. The zero-order chi connectivity index (χ0) is 23.2. The molecule has 1 saturated heterocycles. The average molecular weight is 447 g/mol. The summed E-state index contributed by atoms with van der Waals surface area (Å²) in [7, 11) is 1.56. The second-order valence-electron chi connectivity index (χ2n) is 8.30. The molecule has 1 aliphatic rings. The van der Waals surface area contributed by atoms with Gasteiger partial charge in [0.15, 0.2) is 11.5 Å². The fourth-order valence-electron chi connectivity index (χ4n) is 4.11. The van der Waals surface area contributed by atoms with Crippen molar-refractivity contribution in [3.8, 4) is 11.5 Å². The van der Waals surface area contributed by atoms with E-state index in [2.05, 4.69) is 20.1 Å². The number of aromatic hydroxyl groups is 1. The van der Waals surface area contributed by atoms with E-state index in [0.29, 0.717) is 17.0 Å². The summed E-state index contributed by atoms with van der Waals surface area (Å²) in [4.78, 5) is 21.8. The van der Waals surface area contributed by atoms with Gasteiger partial charge in [0.05, 0.1) is 19.0 Å². The molecule has 172 valence electrons. The van der Waals surface area contributed by atoms with Gasteiger partial charge in [0.1, 0.15) is 5.82 Å². The number of methoxy groups -OCH3 is 1. The molecule has 7 heteroatoms. The van der Waals surface area contributed by atoms with Gasteiger partial charge in [-0.05, 0) is 54.8 Å². The van der Waals surface area contributed by atoms with Gasteiger partial charge in [0.25, 0.3) is 5.91 Å². The molecule has 0 atom stereocenters. The summed E-state index contributed by atoms with van der Waals surface area (Å²) in [5.41, 5.74) is 3.41. The Morgan fingerprint density at radius 1 is 1.09 bits per heavy atom. The predicted molar refractivity (Wildman–Crippen MR) is 130 cm³/mol. The number of rotatable bonds is 6. The highest BCUT2D eigenvalue weighted by molar-refractivity contribution is 6.05. The van der Waals surface area contributed by atoms with Crippen molar-refractivity contribution >= 4 is 17.4 Å². The van der Waals surface area contributed by atoms with Gasteiger partial charge in [-0.3, -0.25) is 9.69 Å². The van der Waals surface area contributed by atoms with Crippen molar-refractivity contribution in [3.05, 3.63) is 77.5 Å². The lowest BCUT2D eigenvalue weighted by molar-refractivity contribution is 0.102. The van der Waals surface area contributed by atoms with Crippen LogP contribution in [0.4, 0.5) is 11.5 Å². The SMILES string of the molecule is COc1cc(CN2CCCN(c3ccc(NC(=O)c4ccccc4C)cn3)CC2)ccc1O. The number of nitrogens with one attached hydrogen (secondary N) is 1. The summed E-state index contributed by atoms with van der Waals surface area (Å²) >= 11 is 0. The lowest BCUT2D eigenvalue weighted by Gasteiger charge is -2.23. The zero-order valence-corrected chi connectivity index (χ0v) is 19.1. The molecule has 4 rings (SSSR count). The smallest absolute Gasteiger partial charge is 0.255 e. The second kappa shape index (κ2) is 10.4. The van der Waals surface area contributed by atoms with Gasteiger partial charge in [-0.2, -0.15) is 0 Å². The molecule has 0 spiro atoms. The minimum atomic E-state index is -0.126. The number of carbonyl (C=O) groups is 1. The van der Waals surface area contributed by atoms with Crippen LogP contribution in [0.1, 0.15) is 27.9 Å². The van der Waals surface area contributed by atoms with E-state index in [1.807, 2.05) is 55.5 Å². The molecular formula is C26H30N4O3. The highest BCUT2D eigenvalue weighted by Gasteiger charge is 2.17. The van der Waals surface area contributed by atoms with Crippen molar-refractivity contribution < 1.29 is 14.6 Å². The van der Waals surface area contributed by atoms with Gasteiger partial charge < -0.3 is 20.1 Å². The quantitative estimate of drug-likeness (QED) is 0.594. The van der Waals surface area contributed by atoms with Crippen molar-refractivity contribution in [1.29, 1.82) is 0 Å². The number of amides is 1. The largest absolute Gasteiger partial charge is 0.504 e. The molecule has 7 nitrogen and oxygen atoms in total. The fraction of sp³-hybridized carbons (Fsp3) is 0.308. The number of carbonyl (C=O) groups excluding carboxylic acids is 1. The van der Waals surface area contributed by atoms with E-state index >= 15 is 0 Å². The molecule has 1 aliphatic heterocycles. The van der Waals surface area contributed by atoms with E-state index in [4.69, 9.17) is 4.74 Å². The molecule has 0 bridgehead atoms. The first-order valence-corrected chi connectivity index (χ1v) is 11.2. The molecule has 0 aliphatic carbocycles. The van der Waals surface area contributed by atoms with Gasteiger partial charge in [0, 0.05) is 38.3 Å². The van der Waals surface area contributed by atoms with Crippen LogP contribution < -0.4 is 15.0 Å². The minimum absolute atomic E-state index is 0.126. The normalized spacial score (nSPS) is 14.5. The lowest BCUT2D eigenvalue weighted by Crippen LogP contribution is -2.31. The summed E-state index contributed by atoms with van der Waals surface area (Å²) < 4.78 is 5.23. The van der Waals surface area contributed by atoms with Crippen LogP contribution in [0.2, 0.25) is 0 Å². The number of anilines is 2. The van der Waals surface area contributed by atoms with Crippen LogP contribution in [0.5, 0.6) is 11.5 Å². The third-order valence-corrected chi connectivity index (χ3v) is 5.96. The number of pyridine rings is 1. The summed E-state index contributed by atoms with van der Waals surface area (Å²) in [6.45, 7) is 6.44. The molecule has 2 heterocycles. The molecule has 0 radical (unpaired) electrons. The van der Waals surface area contributed by atoms with E-state index in [1.165, 1.54) is 0 Å². The Balaban J connectivity index is 1.34. The van der Waals surface area contributed by atoms with E-state index < -0.39 is 0 Å². The number of phenolic OH excluding ortho intramolecular Hbond substituents is 1. The van der Waals surface area contributed by atoms with Crippen LogP contribution in [0, 0.1) is 6.92 Å². The van der Waals surface area contributed by atoms with Gasteiger partial charge in [0.2, 0.25) is 0 Å². The molecule has 0 unspecified atom stereocenters. The molecule has 2 N–H and O–H groups in total. The van der Waals surface area contributed by atoms with Gasteiger partial charge in [-0.25, -0.2) is 4.98 Å². The number of ether oxygens (including phenoxy) is 1. The van der Waals surface area contributed by atoms with E-state index in [-0.39, 0.29) is 11.7 Å². The topological polar surface area (TPSA) is 77.9 Å². The Labute approximate surface area is 194 Å². The molecular weight excluding hydrogens is 416 g/mol. The first-order chi connectivity index (χ1) is 16.0. The second-order valence-corrected chi connectivity index (χ2v) is 8.30. The Hall–Kier alpha value is -3.58. The highest BCUT2D eigenvalue weighted by Crippen LogP contribution is 2.27. The Morgan fingerprint density at radius 3 is 2.70 bits per heavy atom. The van der Waals surface area contributed by atoms with Crippen molar-refractivity contribution in [2.45, 2.75) is 19.9 Å². The molecule has 1 fully saturated rings. The fourth-order valence-corrected chi connectivity index (χ4v) is 4.11. The Kier molecular flexibility index (Phi) is 7.10. The molecule has 33 heavy (non-hydrogen) atoms. The number of aryl methyl sites for hydroxylation is 1. The summed E-state index contributed by atoms with van der Waals surface area (Å²) in [5.74, 6) is 1.45. The standard InChI is InChI=1S/C26H30N4O3/c1-19-6-3-4-7-22(19)26(32)28-21-9-11-25(27-17-21)30-13-5-12-29(14-15-30)18-20-8-10-23(31)24(16-20)33-2/h3-4,6-11,16-17,31H,5,12-15,18H2,1-2H3,(H,28,32). The summed E-state index contributed by atoms with van der Waals surface area (Å²) in [5, 5.41) is 12.7. The predicted octanol–water partition coefficient (Wildman–Crippen LogP) is 4.07. The number of nitrogens with zero attached hydrogens (tertiary/aromatic N) is 3. The van der Waals surface area contributed by atoms with Crippen LogP contribution in [0.3, 0.4) is 0 Å². The minimum Gasteiger partial charge on any atom is -0.504 e. The maximum Gasteiger partial charge on any atom is 0.255 e. The van der Waals surface area contributed by atoms with Crippen LogP contribution in [-0.4, -0.2) is 54.2 Å². The van der Waals surface area contributed by atoms with E-state index in [0.717, 1.165) is 56.1 Å². The molecule has 1 amide bonds. The number of aromatic nitrogens is 1. The lowest BCUT2D eigenvalue weighted by atomic mass is 10.1. The molecule has 0 saturated carbocycles. The van der Waals surface area contributed by atoms with Crippen molar-refractivity contribution in [3.63, 3.8) is 0 Å². The zero-order valence-electron chi connectivity index (χ0n) is 19.1. The molecule has 3 aromatic rings. The maximum atomic E-state index is 12.5. The van der Waals surface area contributed by atoms with Gasteiger partial charge >= 0.3 is 0 Å². The Morgan fingerprint density at radius 2 is 1.94 bits per heavy atom. The maximum absolute atomic E-state index is 12.5. The Bertz CT molecular complexity index is 1100. The number of hydrogen-bond donors (Lipinski definition) is 2. The number of phenols is 1. The van der Waals surface area contributed by atoms with Crippen LogP contribution in [-0.2, 0) is 6.54 Å². The average Bonchev–Trinajstić information content (AvgIpc) is 3.06. The number of benzene rings is 2. The van der Waals surface area contributed by atoms with Gasteiger partial charge in [-0.15, -0.1) is 0 Å².